The average molecular weight is 512 g/mol. The van der Waals surface area contributed by atoms with Gasteiger partial charge in [0.2, 0.25) is 0 Å². The Hall–Kier alpha value is -3.10. The fourth-order valence-corrected chi connectivity index (χ4v) is 4.75. The van der Waals surface area contributed by atoms with E-state index in [1.54, 1.807) is 35.9 Å². The van der Waals surface area contributed by atoms with Crippen molar-refractivity contribution in [3.63, 3.8) is 0 Å². The predicted octanol–water partition coefficient (Wildman–Crippen LogP) is 5.90. The van der Waals surface area contributed by atoms with Gasteiger partial charge in [0.1, 0.15) is 11.5 Å². The molecule has 1 N–H and O–H groups in total. The number of aromatic nitrogens is 2. The third-order valence-corrected chi connectivity index (χ3v) is 6.85. The second kappa shape index (κ2) is 9.18. The molecule has 0 saturated heterocycles. The molecule has 3 aromatic carbocycles. The van der Waals surface area contributed by atoms with E-state index in [2.05, 4.69) is 25.8 Å². The zero-order valence-corrected chi connectivity index (χ0v) is 20.0. The van der Waals surface area contributed by atoms with Crippen molar-refractivity contribution >= 4 is 31.6 Å². The topological polar surface area (TPSA) is 73.2 Å². The Morgan fingerprint density at radius 1 is 0.938 bits per heavy atom. The van der Waals surface area contributed by atoms with Gasteiger partial charge in [-0.1, -0.05) is 46.3 Å². The van der Waals surface area contributed by atoms with Crippen LogP contribution in [0.3, 0.4) is 0 Å². The molecule has 0 bridgehead atoms. The van der Waals surface area contributed by atoms with E-state index in [4.69, 9.17) is 4.74 Å². The van der Waals surface area contributed by atoms with Crippen molar-refractivity contribution < 1.29 is 13.2 Å². The van der Waals surface area contributed by atoms with Crippen LogP contribution in [0, 0.1) is 13.8 Å². The van der Waals surface area contributed by atoms with Gasteiger partial charge in [-0.2, -0.15) is 5.10 Å². The van der Waals surface area contributed by atoms with Crippen molar-refractivity contribution in [1.29, 1.82) is 0 Å². The third-order valence-electron chi connectivity index (χ3n) is 4.95. The first-order valence-electron chi connectivity index (χ1n) is 9.96. The van der Waals surface area contributed by atoms with Gasteiger partial charge in [-0.05, 0) is 67.9 Å². The van der Waals surface area contributed by atoms with Gasteiger partial charge in [0, 0.05) is 4.47 Å². The minimum atomic E-state index is -3.72. The Kier molecular flexibility index (Phi) is 6.34. The van der Waals surface area contributed by atoms with E-state index < -0.39 is 10.0 Å². The molecule has 6 nitrogen and oxygen atoms in total. The van der Waals surface area contributed by atoms with Crippen LogP contribution in [-0.4, -0.2) is 18.2 Å². The second-order valence-corrected chi connectivity index (χ2v) is 9.92. The SMILES string of the molecule is Cc1nn(Cc2cccc(Oc3ccccc3)c2)c(C)c1NS(=O)(=O)c1ccc(Br)cc1. The number of halogens is 1. The lowest BCUT2D eigenvalue weighted by molar-refractivity contribution is 0.481. The average Bonchev–Trinajstić information content (AvgIpc) is 3.02. The summed E-state index contributed by atoms with van der Waals surface area (Å²) >= 11 is 3.32. The van der Waals surface area contributed by atoms with Crippen LogP contribution in [0.2, 0.25) is 0 Å². The summed E-state index contributed by atoms with van der Waals surface area (Å²) in [5.41, 5.74) is 2.83. The van der Waals surface area contributed by atoms with E-state index in [1.165, 1.54) is 0 Å². The Labute approximate surface area is 196 Å². The number of hydrogen-bond donors (Lipinski definition) is 1. The first-order chi connectivity index (χ1) is 15.3. The molecule has 32 heavy (non-hydrogen) atoms. The number of anilines is 1. The number of hydrogen-bond acceptors (Lipinski definition) is 4. The third kappa shape index (κ3) is 5.03. The summed E-state index contributed by atoms with van der Waals surface area (Å²) in [5, 5.41) is 4.55. The maximum atomic E-state index is 12.8. The van der Waals surface area contributed by atoms with Crippen LogP contribution in [-0.2, 0) is 16.6 Å². The molecule has 0 amide bonds. The van der Waals surface area contributed by atoms with Gasteiger partial charge in [-0.25, -0.2) is 8.42 Å². The number of aryl methyl sites for hydroxylation is 1. The van der Waals surface area contributed by atoms with Crippen molar-refractivity contribution in [2.75, 3.05) is 4.72 Å². The zero-order valence-electron chi connectivity index (χ0n) is 17.6. The minimum absolute atomic E-state index is 0.193. The molecule has 1 aromatic heterocycles. The highest BCUT2D eigenvalue weighted by atomic mass is 79.9. The highest BCUT2D eigenvalue weighted by Crippen LogP contribution is 2.26. The summed E-state index contributed by atoms with van der Waals surface area (Å²) in [6.45, 7) is 4.13. The first kappa shape index (κ1) is 22.1. The van der Waals surface area contributed by atoms with Crippen LogP contribution in [0.15, 0.2) is 88.2 Å². The van der Waals surface area contributed by atoms with Crippen LogP contribution in [0.4, 0.5) is 5.69 Å². The van der Waals surface area contributed by atoms with Crippen molar-refractivity contribution in [1.82, 2.24) is 9.78 Å². The van der Waals surface area contributed by atoms with Crippen LogP contribution in [0.5, 0.6) is 11.5 Å². The Bertz CT molecular complexity index is 1330. The van der Waals surface area contributed by atoms with Crippen molar-refractivity contribution in [3.8, 4) is 11.5 Å². The van der Waals surface area contributed by atoms with Gasteiger partial charge in [-0.3, -0.25) is 9.40 Å². The van der Waals surface area contributed by atoms with Crippen LogP contribution in [0.1, 0.15) is 17.0 Å². The molecule has 0 spiro atoms. The van der Waals surface area contributed by atoms with E-state index in [0.29, 0.717) is 17.9 Å². The Morgan fingerprint density at radius 3 is 2.34 bits per heavy atom. The summed E-state index contributed by atoms with van der Waals surface area (Å²) < 4.78 is 36.9. The van der Waals surface area contributed by atoms with E-state index in [-0.39, 0.29) is 4.90 Å². The van der Waals surface area contributed by atoms with Gasteiger partial charge in [0.25, 0.3) is 10.0 Å². The summed E-state index contributed by atoms with van der Waals surface area (Å²) in [5.74, 6) is 1.49. The number of para-hydroxylation sites is 1. The smallest absolute Gasteiger partial charge is 0.262 e. The van der Waals surface area contributed by atoms with Crippen molar-refractivity contribution in [3.05, 3.63) is 100 Å². The lowest BCUT2D eigenvalue weighted by atomic mass is 10.2. The summed E-state index contributed by atoms with van der Waals surface area (Å²) in [7, 11) is -3.72. The molecule has 164 valence electrons. The van der Waals surface area contributed by atoms with E-state index in [1.807, 2.05) is 61.5 Å². The number of nitrogens with zero attached hydrogens (tertiary/aromatic N) is 2. The highest BCUT2D eigenvalue weighted by Gasteiger charge is 2.20. The number of benzene rings is 3. The van der Waals surface area contributed by atoms with Crippen LogP contribution >= 0.6 is 15.9 Å². The number of nitrogens with one attached hydrogen (secondary N) is 1. The minimum Gasteiger partial charge on any atom is -0.457 e. The predicted molar refractivity (Wildman–Crippen MR) is 129 cm³/mol. The molecule has 4 aromatic rings. The lowest BCUT2D eigenvalue weighted by Gasteiger charge is -2.10. The number of rotatable bonds is 7. The molecule has 4 rings (SSSR count). The maximum Gasteiger partial charge on any atom is 0.262 e. The number of ether oxygens (including phenoxy) is 1. The fourth-order valence-electron chi connectivity index (χ4n) is 3.31. The van der Waals surface area contributed by atoms with Crippen LogP contribution < -0.4 is 9.46 Å². The van der Waals surface area contributed by atoms with Gasteiger partial charge >= 0.3 is 0 Å². The first-order valence-corrected chi connectivity index (χ1v) is 12.2. The molecule has 0 atom stereocenters. The Morgan fingerprint density at radius 2 is 1.62 bits per heavy atom. The molecular formula is C24H22BrN3O3S. The lowest BCUT2D eigenvalue weighted by Crippen LogP contribution is -2.14. The summed E-state index contributed by atoms with van der Waals surface area (Å²) in [4.78, 5) is 0.193. The zero-order chi connectivity index (χ0) is 22.7. The normalized spacial score (nSPS) is 11.3. The standard InChI is InChI=1S/C24H22BrN3O3S/c1-17-24(27-32(29,30)23-13-11-20(25)12-14-23)18(2)28(26-17)16-19-7-6-10-22(15-19)31-21-8-4-3-5-9-21/h3-15,27H,16H2,1-2H3. The highest BCUT2D eigenvalue weighted by molar-refractivity contribution is 9.10. The van der Waals surface area contributed by atoms with E-state index in [0.717, 1.165) is 27.2 Å². The molecular weight excluding hydrogens is 490 g/mol. The van der Waals surface area contributed by atoms with Gasteiger partial charge in [0.15, 0.2) is 0 Å². The van der Waals surface area contributed by atoms with Crippen molar-refractivity contribution in [2.24, 2.45) is 0 Å². The van der Waals surface area contributed by atoms with Crippen LogP contribution in [0.25, 0.3) is 0 Å². The molecule has 8 heteroatoms. The molecule has 0 aliphatic heterocycles. The maximum absolute atomic E-state index is 12.8. The molecule has 0 saturated carbocycles. The molecule has 0 fully saturated rings. The largest absolute Gasteiger partial charge is 0.457 e. The monoisotopic (exact) mass is 511 g/mol. The molecule has 0 aliphatic carbocycles. The summed E-state index contributed by atoms with van der Waals surface area (Å²) in [6, 6.07) is 23.9. The van der Waals surface area contributed by atoms with Gasteiger partial charge in [-0.15, -0.1) is 0 Å². The number of sulfonamides is 1. The molecule has 0 aliphatic rings. The Balaban J connectivity index is 1.55. The van der Waals surface area contributed by atoms with Gasteiger partial charge < -0.3 is 4.74 Å². The molecule has 0 radical (unpaired) electrons. The summed E-state index contributed by atoms with van der Waals surface area (Å²) in [6.07, 6.45) is 0. The van der Waals surface area contributed by atoms with Gasteiger partial charge in [0.05, 0.1) is 28.5 Å². The quantitative estimate of drug-likeness (QED) is 0.335. The van der Waals surface area contributed by atoms with E-state index >= 15 is 0 Å². The van der Waals surface area contributed by atoms with E-state index in [9.17, 15) is 8.42 Å². The fraction of sp³-hybridized carbons (Fsp3) is 0.125. The molecule has 1 heterocycles. The molecule has 0 unspecified atom stereocenters. The second-order valence-electron chi connectivity index (χ2n) is 7.33. The van der Waals surface area contributed by atoms with Crippen molar-refractivity contribution in [2.45, 2.75) is 25.3 Å².